The fourth-order valence-electron chi connectivity index (χ4n) is 3.66. The second-order valence-electron chi connectivity index (χ2n) is 7.22. The molecule has 0 unspecified atom stereocenters. The van der Waals surface area contributed by atoms with Gasteiger partial charge in [0.2, 0.25) is 5.95 Å². The van der Waals surface area contributed by atoms with E-state index in [4.69, 9.17) is 11.1 Å². The average molecular weight is 437 g/mol. The first-order chi connectivity index (χ1) is 14.3. The average Bonchev–Trinajstić information content (AvgIpc) is 2.67. The van der Waals surface area contributed by atoms with Crippen molar-refractivity contribution in [3.63, 3.8) is 0 Å². The molecule has 2 saturated heterocycles. The zero-order valence-electron chi connectivity index (χ0n) is 16.1. The van der Waals surface area contributed by atoms with Crippen LogP contribution in [0.15, 0.2) is 24.3 Å². The number of halogens is 3. The number of thioether (sulfide) groups is 1. The molecule has 3 heterocycles. The van der Waals surface area contributed by atoms with E-state index < -0.39 is 11.7 Å². The summed E-state index contributed by atoms with van der Waals surface area (Å²) in [4.78, 5) is 12.9. The van der Waals surface area contributed by atoms with Crippen LogP contribution < -0.4 is 16.0 Å². The lowest BCUT2D eigenvalue weighted by Gasteiger charge is -2.47. The van der Waals surface area contributed by atoms with Crippen LogP contribution in [-0.4, -0.2) is 64.8 Å². The van der Waals surface area contributed by atoms with Gasteiger partial charge in [-0.1, -0.05) is 6.07 Å². The van der Waals surface area contributed by atoms with Gasteiger partial charge < -0.3 is 21.4 Å². The van der Waals surface area contributed by atoms with Crippen LogP contribution in [0.2, 0.25) is 0 Å². The number of nitrogens with two attached hydrogens (primary N) is 1. The largest absolute Gasteiger partial charge is 0.416 e. The highest BCUT2D eigenvalue weighted by Crippen LogP contribution is 2.33. The van der Waals surface area contributed by atoms with Crippen molar-refractivity contribution in [1.29, 1.82) is 5.41 Å². The van der Waals surface area contributed by atoms with Gasteiger partial charge in [-0.05, 0) is 18.2 Å². The number of alkyl halides is 3. The van der Waals surface area contributed by atoms with E-state index in [-0.39, 0.29) is 17.5 Å². The number of nitrogen functional groups attached to an aromatic ring is 1. The van der Waals surface area contributed by atoms with Crippen LogP contribution in [0.3, 0.4) is 0 Å². The molecular weight excluding hydrogens is 415 g/mol. The first kappa shape index (κ1) is 20.7. The molecule has 0 atom stereocenters. The summed E-state index contributed by atoms with van der Waals surface area (Å²) in [5.74, 6) is 3.00. The Morgan fingerprint density at radius 3 is 2.60 bits per heavy atom. The van der Waals surface area contributed by atoms with Crippen molar-refractivity contribution in [1.82, 2.24) is 14.9 Å². The van der Waals surface area contributed by atoms with Crippen molar-refractivity contribution in [3.8, 4) is 0 Å². The number of aromatic nitrogens is 2. The van der Waals surface area contributed by atoms with E-state index in [2.05, 4.69) is 20.2 Å². The Kier molecular flexibility index (Phi) is 5.74. The van der Waals surface area contributed by atoms with E-state index in [9.17, 15) is 13.2 Å². The fourth-order valence-corrected chi connectivity index (χ4v) is 4.59. The van der Waals surface area contributed by atoms with Crippen molar-refractivity contribution in [2.24, 2.45) is 0 Å². The molecule has 2 aromatic rings. The molecule has 4 N–H and O–H groups in total. The maximum atomic E-state index is 13.0. The quantitative estimate of drug-likeness (QED) is 0.619. The van der Waals surface area contributed by atoms with Gasteiger partial charge in [-0.15, -0.1) is 0 Å². The molecule has 4 rings (SSSR count). The topological polar surface area (TPSA) is 94.2 Å². The SMILES string of the molecule is N=Cc1c(Nc2cccc(C(F)(F)F)c2)nc(N)nc1N1CC(N2CCSCC2)C1. The Labute approximate surface area is 176 Å². The number of rotatable bonds is 5. The van der Waals surface area contributed by atoms with Crippen molar-refractivity contribution in [2.75, 3.05) is 53.6 Å². The maximum absolute atomic E-state index is 13.0. The van der Waals surface area contributed by atoms with E-state index in [1.165, 1.54) is 12.1 Å². The molecule has 2 fully saturated rings. The molecule has 2 aliphatic rings. The molecule has 2 aliphatic heterocycles. The molecule has 0 saturated carbocycles. The summed E-state index contributed by atoms with van der Waals surface area (Å²) < 4.78 is 39.0. The summed E-state index contributed by atoms with van der Waals surface area (Å²) >= 11 is 1.96. The lowest BCUT2D eigenvalue weighted by Crippen LogP contribution is -2.61. The van der Waals surface area contributed by atoms with Crippen molar-refractivity contribution in [3.05, 3.63) is 35.4 Å². The Hall–Kier alpha value is -2.53. The minimum atomic E-state index is -4.45. The van der Waals surface area contributed by atoms with Gasteiger partial charge >= 0.3 is 6.18 Å². The highest BCUT2D eigenvalue weighted by atomic mass is 32.2. The fraction of sp³-hybridized carbons (Fsp3) is 0.421. The molecular formula is C19H22F3N7S. The van der Waals surface area contributed by atoms with Gasteiger partial charge in [-0.2, -0.15) is 34.9 Å². The summed E-state index contributed by atoms with van der Waals surface area (Å²) in [7, 11) is 0. The molecule has 11 heteroatoms. The number of nitrogens with zero attached hydrogens (tertiary/aromatic N) is 4. The molecule has 30 heavy (non-hydrogen) atoms. The van der Waals surface area contributed by atoms with E-state index in [0.29, 0.717) is 17.4 Å². The van der Waals surface area contributed by atoms with Gasteiger partial charge in [0, 0.05) is 55.6 Å². The summed E-state index contributed by atoms with van der Waals surface area (Å²) in [6.07, 6.45) is -3.34. The predicted molar refractivity (Wildman–Crippen MR) is 114 cm³/mol. The normalized spacial score (nSPS) is 18.2. The van der Waals surface area contributed by atoms with Crippen molar-refractivity contribution >= 4 is 41.2 Å². The predicted octanol–water partition coefficient (Wildman–Crippen LogP) is 3.06. The standard InChI is InChI=1S/C19H22F3N7S/c20-19(21,22)12-2-1-3-13(8-12)25-16-15(9-23)17(27-18(24)26-16)29-10-14(11-29)28-4-6-30-7-5-28/h1-3,8-9,14,23H,4-7,10-11H2,(H3,24,25,26,27). The molecule has 0 radical (unpaired) electrons. The highest BCUT2D eigenvalue weighted by Gasteiger charge is 2.35. The number of benzene rings is 1. The third-order valence-electron chi connectivity index (χ3n) is 5.26. The van der Waals surface area contributed by atoms with E-state index in [0.717, 1.165) is 56.0 Å². The Balaban J connectivity index is 1.55. The third-order valence-corrected chi connectivity index (χ3v) is 6.21. The number of nitrogens with one attached hydrogen (secondary N) is 2. The van der Waals surface area contributed by atoms with E-state index >= 15 is 0 Å². The minimum absolute atomic E-state index is 0.00268. The van der Waals surface area contributed by atoms with Crippen LogP contribution in [0, 0.1) is 5.41 Å². The molecule has 0 spiro atoms. The lowest BCUT2D eigenvalue weighted by molar-refractivity contribution is -0.137. The number of hydrogen-bond acceptors (Lipinski definition) is 8. The molecule has 1 aromatic heterocycles. The van der Waals surface area contributed by atoms with Gasteiger partial charge in [-0.25, -0.2) is 0 Å². The van der Waals surface area contributed by atoms with Crippen molar-refractivity contribution < 1.29 is 13.2 Å². The Morgan fingerprint density at radius 1 is 1.20 bits per heavy atom. The minimum Gasteiger partial charge on any atom is -0.368 e. The Bertz CT molecular complexity index is 925. The first-order valence-corrected chi connectivity index (χ1v) is 10.7. The molecule has 7 nitrogen and oxygen atoms in total. The number of hydrogen-bond donors (Lipinski definition) is 3. The summed E-state index contributed by atoms with van der Waals surface area (Å²) in [5.41, 5.74) is 5.72. The Morgan fingerprint density at radius 2 is 1.93 bits per heavy atom. The third kappa shape index (κ3) is 4.31. The van der Waals surface area contributed by atoms with Gasteiger partial charge in [0.25, 0.3) is 0 Å². The van der Waals surface area contributed by atoms with Crippen LogP contribution in [0.25, 0.3) is 0 Å². The summed E-state index contributed by atoms with van der Waals surface area (Å²) in [6.45, 7) is 3.67. The second-order valence-corrected chi connectivity index (χ2v) is 8.45. The molecule has 160 valence electrons. The smallest absolute Gasteiger partial charge is 0.368 e. The van der Waals surface area contributed by atoms with Crippen molar-refractivity contribution in [2.45, 2.75) is 12.2 Å². The molecule has 0 aliphatic carbocycles. The van der Waals surface area contributed by atoms with Gasteiger partial charge in [0.15, 0.2) is 0 Å². The summed E-state index contributed by atoms with van der Waals surface area (Å²) in [5, 5.41) is 10.7. The van der Waals surface area contributed by atoms with Gasteiger partial charge in [0.05, 0.1) is 11.1 Å². The monoisotopic (exact) mass is 437 g/mol. The van der Waals surface area contributed by atoms with Crippen LogP contribution in [0.1, 0.15) is 11.1 Å². The molecule has 0 bridgehead atoms. The van der Waals surface area contributed by atoms with Crippen LogP contribution >= 0.6 is 11.8 Å². The van der Waals surface area contributed by atoms with Crippen LogP contribution in [0.5, 0.6) is 0 Å². The van der Waals surface area contributed by atoms with Crippen LogP contribution in [-0.2, 0) is 6.18 Å². The van der Waals surface area contributed by atoms with Crippen LogP contribution in [0.4, 0.5) is 36.4 Å². The zero-order chi connectivity index (χ0) is 21.3. The maximum Gasteiger partial charge on any atom is 0.416 e. The highest BCUT2D eigenvalue weighted by molar-refractivity contribution is 7.99. The molecule has 0 amide bonds. The zero-order valence-corrected chi connectivity index (χ0v) is 16.9. The first-order valence-electron chi connectivity index (χ1n) is 9.54. The summed E-state index contributed by atoms with van der Waals surface area (Å²) in [6, 6.07) is 5.26. The molecule has 1 aromatic carbocycles. The lowest BCUT2D eigenvalue weighted by atomic mass is 10.1. The van der Waals surface area contributed by atoms with E-state index in [1.807, 2.05) is 16.7 Å². The number of anilines is 4. The van der Waals surface area contributed by atoms with Gasteiger partial charge in [-0.3, -0.25) is 4.90 Å². The van der Waals surface area contributed by atoms with Gasteiger partial charge in [0.1, 0.15) is 11.6 Å². The second kappa shape index (κ2) is 8.31. The van der Waals surface area contributed by atoms with E-state index in [1.54, 1.807) is 0 Å².